The number of aryl methyl sites for hydroxylation is 1. The number of nitrogens with zero attached hydrogens (tertiary/aromatic N) is 3. The first kappa shape index (κ1) is 19.0. The second-order valence-electron chi connectivity index (χ2n) is 5.86. The van der Waals surface area contributed by atoms with Gasteiger partial charge in [-0.1, -0.05) is 16.8 Å². The van der Waals surface area contributed by atoms with Crippen LogP contribution >= 0.6 is 24.0 Å². The Bertz CT molecular complexity index is 680. The first-order chi connectivity index (χ1) is 11.0. The molecule has 2 aromatic rings. The van der Waals surface area contributed by atoms with Gasteiger partial charge < -0.3 is 14.6 Å². The molecular weight excluding hydrogens is 351 g/mol. The summed E-state index contributed by atoms with van der Waals surface area (Å²) in [6.45, 7) is 6.60. The van der Waals surface area contributed by atoms with Crippen LogP contribution in [-0.4, -0.2) is 41.7 Å². The number of benzene rings is 1. The van der Waals surface area contributed by atoms with E-state index >= 15 is 0 Å². The van der Waals surface area contributed by atoms with E-state index in [1.165, 1.54) is 0 Å². The van der Waals surface area contributed by atoms with E-state index in [0.29, 0.717) is 11.7 Å². The third kappa shape index (κ3) is 4.19. The van der Waals surface area contributed by atoms with Gasteiger partial charge in [-0.05, 0) is 44.7 Å². The number of ether oxygens (including phenoxy) is 1. The third-order valence-corrected chi connectivity index (χ3v) is 4.48. The highest BCUT2D eigenvalue weighted by Crippen LogP contribution is 2.26. The van der Waals surface area contributed by atoms with E-state index in [4.69, 9.17) is 20.9 Å². The molecule has 1 aromatic carbocycles. The summed E-state index contributed by atoms with van der Waals surface area (Å²) in [6, 6.07) is 5.68. The highest BCUT2D eigenvalue weighted by molar-refractivity contribution is 6.31. The van der Waals surface area contributed by atoms with Crippen molar-refractivity contribution in [2.75, 3.05) is 26.7 Å². The molecule has 2 heterocycles. The molecule has 0 saturated carbocycles. The molecule has 0 spiro atoms. The van der Waals surface area contributed by atoms with Gasteiger partial charge in [0.25, 0.3) is 5.89 Å². The SMILES string of the molecule is Cc1cc(OC(C)c2nc(C3CNCCN3C)no2)ccc1Cl.Cl. The first-order valence-electron chi connectivity index (χ1n) is 7.72. The van der Waals surface area contributed by atoms with Crippen LogP contribution in [0.4, 0.5) is 0 Å². The molecule has 1 aliphatic rings. The van der Waals surface area contributed by atoms with Crippen molar-refractivity contribution in [3.05, 3.63) is 40.5 Å². The summed E-state index contributed by atoms with van der Waals surface area (Å²) >= 11 is 6.03. The van der Waals surface area contributed by atoms with Crippen molar-refractivity contribution in [2.45, 2.75) is 26.0 Å². The zero-order valence-electron chi connectivity index (χ0n) is 14.0. The van der Waals surface area contributed by atoms with Crippen LogP contribution in [0.1, 0.15) is 36.3 Å². The van der Waals surface area contributed by atoms with Crippen molar-refractivity contribution in [1.82, 2.24) is 20.4 Å². The molecule has 0 aliphatic carbocycles. The van der Waals surface area contributed by atoms with Gasteiger partial charge in [-0.15, -0.1) is 12.4 Å². The lowest BCUT2D eigenvalue weighted by atomic mass is 10.2. The summed E-state index contributed by atoms with van der Waals surface area (Å²) in [5.74, 6) is 1.90. The molecule has 0 radical (unpaired) electrons. The second kappa shape index (κ2) is 8.16. The molecule has 0 amide bonds. The van der Waals surface area contributed by atoms with Gasteiger partial charge in [0.1, 0.15) is 5.75 Å². The lowest BCUT2D eigenvalue weighted by molar-refractivity contribution is 0.173. The van der Waals surface area contributed by atoms with Gasteiger partial charge in [0, 0.05) is 24.7 Å². The minimum Gasteiger partial charge on any atom is -0.481 e. The van der Waals surface area contributed by atoms with Gasteiger partial charge in [0.2, 0.25) is 0 Å². The number of hydrogen-bond donors (Lipinski definition) is 1. The Morgan fingerprint density at radius 3 is 2.96 bits per heavy atom. The molecule has 1 saturated heterocycles. The van der Waals surface area contributed by atoms with Crippen LogP contribution in [-0.2, 0) is 0 Å². The number of piperazine rings is 1. The number of aromatic nitrogens is 2. The Kier molecular flexibility index (Phi) is 6.46. The van der Waals surface area contributed by atoms with E-state index < -0.39 is 0 Å². The van der Waals surface area contributed by atoms with Crippen molar-refractivity contribution in [3.8, 4) is 5.75 Å². The van der Waals surface area contributed by atoms with Crippen LogP contribution in [0.3, 0.4) is 0 Å². The average molecular weight is 373 g/mol. The standard InChI is InChI=1S/C16H21ClN4O2.ClH/c1-10-8-12(4-5-13(10)17)22-11(2)16-19-15(20-23-16)14-9-18-6-7-21(14)3;/h4-5,8,11,14,18H,6-7,9H2,1-3H3;1H. The fourth-order valence-electron chi connectivity index (χ4n) is 2.59. The topological polar surface area (TPSA) is 63.4 Å². The monoisotopic (exact) mass is 372 g/mol. The predicted molar refractivity (Wildman–Crippen MR) is 95.0 cm³/mol. The van der Waals surface area contributed by atoms with Crippen molar-refractivity contribution >= 4 is 24.0 Å². The molecule has 0 bridgehead atoms. The molecular formula is C16H22Cl2N4O2. The number of rotatable bonds is 4. The summed E-state index contributed by atoms with van der Waals surface area (Å²) in [5.41, 5.74) is 0.970. The molecule has 1 aliphatic heterocycles. The largest absolute Gasteiger partial charge is 0.481 e. The molecule has 1 aromatic heterocycles. The molecule has 1 N–H and O–H groups in total. The predicted octanol–water partition coefficient (Wildman–Crippen LogP) is 3.17. The fraction of sp³-hybridized carbons (Fsp3) is 0.500. The summed E-state index contributed by atoms with van der Waals surface area (Å²) in [6.07, 6.45) is -0.321. The van der Waals surface area contributed by atoms with Gasteiger partial charge in [-0.25, -0.2) is 0 Å². The van der Waals surface area contributed by atoms with E-state index in [2.05, 4.69) is 27.4 Å². The normalized spacial score (nSPS) is 19.6. The molecule has 2 atom stereocenters. The van der Waals surface area contributed by atoms with Crippen LogP contribution in [0.15, 0.2) is 22.7 Å². The summed E-state index contributed by atoms with van der Waals surface area (Å²) in [4.78, 5) is 6.73. The Labute approximate surface area is 152 Å². The zero-order chi connectivity index (χ0) is 16.4. The number of likely N-dealkylation sites (N-methyl/N-ethyl adjacent to an activating group) is 1. The molecule has 2 unspecified atom stereocenters. The average Bonchev–Trinajstić information content (AvgIpc) is 3.01. The third-order valence-electron chi connectivity index (χ3n) is 4.06. The lowest BCUT2D eigenvalue weighted by Crippen LogP contribution is -2.44. The van der Waals surface area contributed by atoms with Gasteiger partial charge in [0.05, 0.1) is 6.04 Å². The fourth-order valence-corrected chi connectivity index (χ4v) is 2.70. The lowest BCUT2D eigenvalue weighted by Gasteiger charge is -2.30. The van der Waals surface area contributed by atoms with Crippen molar-refractivity contribution in [3.63, 3.8) is 0 Å². The number of halogens is 2. The van der Waals surface area contributed by atoms with E-state index in [9.17, 15) is 0 Å². The van der Waals surface area contributed by atoms with Crippen molar-refractivity contribution in [1.29, 1.82) is 0 Å². The van der Waals surface area contributed by atoms with E-state index in [-0.39, 0.29) is 24.6 Å². The van der Waals surface area contributed by atoms with E-state index in [1.807, 2.05) is 32.0 Å². The smallest absolute Gasteiger partial charge is 0.267 e. The van der Waals surface area contributed by atoms with Gasteiger partial charge in [-0.2, -0.15) is 4.98 Å². The van der Waals surface area contributed by atoms with Crippen LogP contribution < -0.4 is 10.1 Å². The minimum atomic E-state index is -0.321. The summed E-state index contributed by atoms with van der Waals surface area (Å²) in [7, 11) is 2.07. The minimum absolute atomic E-state index is 0. The van der Waals surface area contributed by atoms with Crippen molar-refractivity contribution < 1.29 is 9.26 Å². The molecule has 132 valence electrons. The Hall–Kier alpha value is -1.34. The first-order valence-corrected chi connectivity index (χ1v) is 8.09. The van der Waals surface area contributed by atoms with Gasteiger partial charge in [-0.3, -0.25) is 4.90 Å². The highest BCUT2D eigenvalue weighted by atomic mass is 35.5. The maximum Gasteiger partial charge on any atom is 0.267 e. The van der Waals surface area contributed by atoms with Gasteiger partial charge >= 0.3 is 0 Å². The zero-order valence-corrected chi connectivity index (χ0v) is 15.5. The number of hydrogen-bond acceptors (Lipinski definition) is 6. The van der Waals surface area contributed by atoms with Crippen LogP contribution in [0, 0.1) is 6.92 Å². The van der Waals surface area contributed by atoms with Gasteiger partial charge in [0.15, 0.2) is 11.9 Å². The highest BCUT2D eigenvalue weighted by Gasteiger charge is 2.26. The van der Waals surface area contributed by atoms with Crippen LogP contribution in [0.25, 0.3) is 0 Å². The Balaban J connectivity index is 0.00000208. The Morgan fingerprint density at radius 2 is 2.25 bits per heavy atom. The molecule has 3 rings (SSSR count). The van der Waals surface area contributed by atoms with Crippen LogP contribution in [0.5, 0.6) is 5.75 Å². The summed E-state index contributed by atoms with van der Waals surface area (Å²) in [5, 5.41) is 8.18. The molecule has 1 fully saturated rings. The maximum atomic E-state index is 6.03. The second-order valence-corrected chi connectivity index (χ2v) is 6.27. The maximum absolute atomic E-state index is 6.03. The van der Waals surface area contributed by atoms with E-state index in [0.717, 1.165) is 36.0 Å². The summed E-state index contributed by atoms with van der Waals surface area (Å²) < 4.78 is 11.3. The van der Waals surface area contributed by atoms with Crippen molar-refractivity contribution in [2.24, 2.45) is 0 Å². The molecule has 8 heteroatoms. The molecule has 6 nitrogen and oxygen atoms in total. The van der Waals surface area contributed by atoms with Crippen LogP contribution in [0.2, 0.25) is 5.02 Å². The van der Waals surface area contributed by atoms with E-state index in [1.54, 1.807) is 0 Å². The Morgan fingerprint density at radius 1 is 1.46 bits per heavy atom. The molecule has 24 heavy (non-hydrogen) atoms. The quantitative estimate of drug-likeness (QED) is 0.888. The number of nitrogens with one attached hydrogen (secondary N) is 1.